The molecule has 3 rings (SSSR count). The SMILES string of the molecule is Clc1cc(Cl)cc(NCc2ccc(-c3cccc(Cl)c3)o2)c1. The normalized spacial score (nSPS) is 10.7. The van der Waals surface area contributed by atoms with Gasteiger partial charge in [0.1, 0.15) is 11.5 Å². The van der Waals surface area contributed by atoms with Crippen LogP contribution in [0.5, 0.6) is 0 Å². The fourth-order valence-electron chi connectivity index (χ4n) is 2.11. The third-order valence-corrected chi connectivity index (χ3v) is 3.77. The molecular weight excluding hydrogens is 341 g/mol. The molecule has 0 atom stereocenters. The van der Waals surface area contributed by atoms with Gasteiger partial charge in [0.15, 0.2) is 0 Å². The van der Waals surface area contributed by atoms with Gasteiger partial charge in [-0.05, 0) is 42.5 Å². The molecule has 2 aromatic carbocycles. The number of hydrogen-bond acceptors (Lipinski definition) is 2. The topological polar surface area (TPSA) is 25.2 Å². The number of anilines is 1. The maximum atomic E-state index is 5.99. The standard InChI is InChI=1S/C17H12Cl3NO/c18-12-3-1-2-11(6-12)17-5-4-16(22-17)10-21-15-8-13(19)7-14(20)9-15/h1-9,21H,10H2. The largest absolute Gasteiger partial charge is 0.459 e. The predicted octanol–water partition coefficient (Wildman–Crippen LogP) is 6.52. The number of halogens is 3. The molecule has 1 heterocycles. The lowest BCUT2D eigenvalue weighted by Gasteiger charge is -2.05. The van der Waals surface area contributed by atoms with E-state index in [1.807, 2.05) is 48.5 Å². The van der Waals surface area contributed by atoms with Crippen LogP contribution in [0.25, 0.3) is 11.3 Å². The Morgan fingerprint density at radius 3 is 2.32 bits per heavy atom. The van der Waals surface area contributed by atoms with Crippen LogP contribution in [-0.2, 0) is 6.54 Å². The molecule has 0 aliphatic rings. The van der Waals surface area contributed by atoms with Gasteiger partial charge in [-0.1, -0.05) is 46.9 Å². The van der Waals surface area contributed by atoms with Gasteiger partial charge in [-0.25, -0.2) is 0 Å². The molecule has 0 saturated heterocycles. The van der Waals surface area contributed by atoms with Crippen molar-refractivity contribution in [2.45, 2.75) is 6.54 Å². The van der Waals surface area contributed by atoms with Crippen LogP contribution in [0.4, 0.5) is 5.69 Å². The second kappa shape index (κ2) is 6.66. The average molecular weight is 353 g/mol. The highest BCUT2D eigenvalue weighted by molar-refractivity contribution is 6.35. The minimum atomic E-state index is 0.539. The van der Waals surface area contributed by atoms with E-state index in [4.69, 9.17) is 39.2 Å². The van der Waals surface area contributed by atoms with E-state index in [2.05, 4.69) is 5.32 Å². The zero-order valence-corrected chi connectivity index (χ0v) is 13.7. The molecule has 22 heavy (non-hydrogen) atoms. The van der Waals surface area contributed by atoms with Crippen LogP contribution in [0.3, 0.4) is 0 Å². The second-order valence-electron chi connectivity index (χ2n) is 4.79. The molecule has 1 N–H and O–H groups in total. The van der Waals surface area contributed by atoms with Crippen LogP contribution in [-0.4, -0.2) is 0 Å². The summed E-state index contributed by atoms with van der Waals surface area (Å²) in [5.41, 5.74) is 1.79. The van der Waals surface area contributed by atoms with Gasteiger partial charge in [0.2, 0.25) is 0 Å². The first-order valence-electron chi connectivity index (χ1n) is 6.65. The number of rotatable bonds is 4. The fourth-order valence-corrected chi connectivity index (χ4v) is 2.83. The molecule has 2 nitrogen and oxygen atoms in total. The molecule has 0 spiro atoms. The van der Waals surface area contributed by atoms with Crippen LogP contribution >= 0.6 is 34.8 Å². The van der Waals surface area contributed by atoms with E-state index in [9.17, 15) is 0 Å². The predicted molar refractivity (Wildman–Crippen MR) is 92.9 cm³/mol. The van der Waals surface area contributed by atoms with Gasteiger partial charge in [-0.15, -0.1) is 0 Å². The Morgan fingerprint density at radius 1 is 0.818 bits per heavy atom. The highest BCUT2D eigenvalue weighted by atomic mass is 35.5. The van der Waals surface area contributed by atoms with Crippen LogP contribution < -0.4 is 5.32 Å². The zero-order valence-electron chi connectivity index (χ0n) is 11.4. The Morgan fingerprint density at radius 2 is 1.59 bits per heavy atom. The monoisotopic (exact) mass is 351 g/mol. The summed E-state index contributed by atoms with van der Waals surface area (Å²) in [6.07, 6.45) is 0. The van der Waals surface area contributed by atoms with Crippen molar-refractivity contribution in [1.29, 1.82) is 0 Å². The number of hydrogen-bond donors (Lipinski definition) is 1. The highest BCUT2D eigenvalue weighted by Crippen LogP contribution is 2.26. The van der Waals surface area contributed by atoms with Crippen LogP contribution in [0.1, 0.15) is 5.76 Å². The van der Waals surface area contributed by atoms with E-state index >= 15 is 0 Å². The summed E-state index contributed by atoms with van der Waals surface area (Å²) >= 11 is 17.9. The first-order chi connectivity index (χ1) is 10.6. The maximum Gasteiger partial charge on any atom is 0.134 e. The summed E-state index contributed by atoms with van der Waals surface area (Å²) < 4.78 is 5.82. The lowest BCUT2D eigenvalue weighted by molar-refractivity contribution is 0.531. The summed E-state index contributed by atoms with van der Waals surface area (Å²) in [5, 5.41) is 5.10. The Hall–Kier alpha value is -1.61. The Balaban J connectivity index is 1.72. The molecule has 0 radical (unpaired) electrons. The fraction of sp³-hybridized carbons (Fsp3) is 0.0588. The van der Waals surface area contributed by atoms with Crippen LogP contribution in [0.15, 0.2) is 59.0 Å². The van der Waals surface area contributed by atoms with E-state index in [-0.39, 0.29) is 0 Å². The van der Waals surface area contributed by atoms with Crippen LogP contribution in [0, 0.1) is 0 Å². The molecule has 1 aromatic heterocycles. The molecule has 0 unspecified atom stereocenters. The van der Waals surface area contributed by atoms with Gasteiger partial charge in [0.05, 0.1) is 6.54 Å². The molecule has 0 saturated carbocycles. The Bertz CT molecular complexity index is 778. The van der Waals surface area contributed by atoms with Crippen molar-refractivity contribution >= 4 is 40.5 Å². The van der Waals surface area contributed by atoms with E-state index in [1.165, 1.54) is 0 Å². The molecule has 0 bridgehead atoms. The van der Waals surface area contributed by atoms with E-state index in [0.29, 0.717) is 21.6 Å². The summed E-state index contributed by atoms with van der Waals surface area (Å²) in [6, 6.07) is 16.7. The highest BCUT2D eigenvalue weighted by Gasteiger charge is 2.06. The quantitative estimate of drug-likeness (QED) is 0.578. The minimum absolute atomic E-state index is 0.539. The number of nitrogens with one attached hydrogen (secondary N) is 1. The molecule has 0 aliphatic heterocycles. The van der Waals surface area contributed by atoms with Crippen molar-refractivity contribution < 1.29 is 4.42 Å². The summed E-state index contributed by atoms with van der Waals surface area (Å²) in [6.45, 7) is 0.539. The van der Waals surface area contributed by atoms with Crippen molar-refractivity contribution in [3.8, 4) is 11.3 Å². The molecule has 0 amide bonds. The zero-order chi connectivity index (χ0) is 15.5. The molecular formula is C17H12Cl3NO. The number of benzene rings is 2. The van der Waals surface area contributed by atoms with Gasteiger partial charge in [-0.2, -0.15) is 0 Å². The first kappa shape index (κ1) is 15.3. The molecule has 3 aromatic rings. The third-order valence-electron chi connectivity index (χ3n) is 3.10. The smallest absolute Gasteiger partial charge is 0.134 e. The first-order valence-corrected chi connectivity index (χ1v) is 7.78. The third kappa shape index (κ3) is 3.77. The van der Waals surface area contributed by atoms with Crippen molar-refractivity contribution in [3.05, 3.63) is 75.4 Å². The van der Waals surface area contributed by atoms with Gasteiger partial charge < -0.3 is 9.73 Å². The van der Waals surface area contributed by atoms with E-state index < -0.39 is 0 Å². The van der Waals surface area contributed by atoms with Gasteiger partial charge >= 0.3 is 0 Å². The molecule has 0 fully saturated rings. The van der Waals surface area contributed by atoms with E-state index in [1.54, 1.807) is 6.07 Å². The number of furan rings is 1. The van der Waals surface area contributed by atoms with Gasteiger partial charge in [0.25, 0.3) is 0 Å². The average Bonchev–Trinajstić information content (AvgIpc) is 2.93. The van der Waals surface area contributed by atoms with Gasteiger partial charge in [-0.3, -0.25) is 0 Å². The molecule has 0 aliphatic carbocycles. The van der Waals surface area contributed by atoms with E-state index in [0.717, 1.165) is 22.8 Å². The minimum Gasteiger partial charge on any atom is -0.459 e. The summed E-state index contributed by atoms with van der Waals surface area (Å²) in [5.74, 6) is 1.59. The van der Waals surface area contributed by atoms with Crippen molar-refractivity contribution in [3.63, 3.8) is 0 Å². The second-order valence-corrected chi connectivity index (χ2v) is 6.10. The summed E-state index contributed by atoms with van der Waals surface area (Å²) in [7, 11) is 0. The lowest BCUT2D eigenvalue weighted by Crippen LogP contribution is -1.97. The summed E-state index contributed by atoms with van der Waals surface area (Å²) in [4.78, 5) is 0. The Labute approximate surface area is 143 Å². The Kier molecular flexibility index (Phi) is 4.63. The van der Waals surface area contributed by atoms with Gasteiger partial charge in [0, 0.05) is 26.3 Å². The lowest BCUT2D eigenvalue weighted by atomic mass is 10.2. The molecule has 112 valence electrons. The van der Waals surface area contributed by atoms with Crippen molar-refractivity contribution in [2.24, 2.45) is 0 Å². The van der Waals surface area contributed by atoms with Crippen molar-refractivity contribution in [1.82, 2.24) is 0 Å². The van der Waals surface area contributed by atoms with Crippen molar-refractivity contribution in [2.75, 3.05) is 5.32 Å². The van der Waals surface area contributed by atoms with Crippen LogP contribution in [0.2, 0.25) is 15.1 Å². The maximum absolute atomic E-state index is 5.99. The molecule has 5 heteroatoms.